The van der Waals surface area contributed by atoms with Crippen LogP contribution in [0.4, 0.5) is 5.69 Å². The Bertz CT molecular complexity index is 711. The molecule has 0 N–H and O–H groups in total. The zero-order valence-electron chi connectivity index (χ0n) is 13.0. The molecule has 0 saturated heterocycles. The van der Waals surface area contributed by atoms with Crippen molar-refractivity contribution in [1.82, 2.24) is 0 Å². The van der Waals surface area contributed by atoms with Crippen LogP contribution in [0.2, 0.25) is 0 Å². The van der Waals surface area contributed by atoms with Gasteiger partial charge in [-0.2, -0.15) is 0 Å². The first-order chi connectivity index (χ1) is 11.2. The van der Waals surface area contributed by atoms with E-state index in [1.165, 1.54) is 34.9 Å². The summed E-state index contributed by atoms with van der Waals surface area (Å²) in [4.78, 5) is 0.340. The number of hydrogen-bond donors (Lipinski definition) is 0. The summed E-state index contributed by atoms with van der Waals surface area (Å²) in [6.45, 7) is 0. The van der Waals surface area contributed by atoms with E-state index in [-0.39, 0.29) is 0 Å². The molecule has 0 heterocycles. The lowest BCUT2D eigenvalue weighted by molar-refractivity contribution is 0.516. The van der Waals surface area contributed by atoms with Crippen molar-refractivity contribution in [3.05, 3.63) is 60.7 Å². The molecule has 0 radical (unpaired) electrons. The number of nitrogens with zero attached hydrogens (tertiary/aromatic N) is 1. The molecule has 5 heteroatoms. The van der Waals surface area contributed by atoms with Crippen molar-refractivity contribution in [3.8, 4) is 0 Å². The molecule has 1 saturated carbocycles. The normalized spacial score (nSPS) is 16.2. The van der Waals surface area contributed by atoms with E-state index in [4.69, 9.17) is 0 Å². The summed E-state index contributed by atoms with van der Waals surface area (Å²) >= 11 is 1.47. The second kappa shape index (κ2) is 7.41. The lowest BCUT2D eigenvalue weighted by Gasteiger charge is -2.29. The Morgan fingerprint density at radius 3 is 2.00 bits per heavy atom. The third-order valence-corrected chi connectivity index (χ3v) is 7.56. The SMILES string of the molecule is O=S(=O)(c1ccccc1)N(SC1CCCCC1)c1ccccc1. The van der Waals surface area contributed by atoms with E-state index in [1.54, 1.807) is 24.3 Å². The molecule has 2 aromatic rings. The third kappa shape index (κ3) is 3.90. The molecule has 0 unspecified atom stereocenters. The first-order valence-electron chi connectivity index (χ1n) is 8.00. The maximum atomic E-state index is 13.1. The predicted octanol–water partition coefficient (Wildman–Crippen LogP) is 4.86. The monoisotopic (exact) mass is 347 g/mol. The Kier molecular flexibility index (Phi) is 5.28. The lowest BCUT2D eigenvalue weighted by Crippen LogP contribution is -2.28. The quantitative estimate of drug-likeness (QED) is 0.725. The molecule has 1 aliphatic rings. The summed E-state index contributed by atoms with van der Waals surface area (Å²) < 4.78 is 27.7. The highest BCUT2D eigenvalue weighted by atomic mass is 32.3. The molecule has 3 nitrogen and oxygen atoms in total. The van der Waals surface area contributed by atoms with Gasteiger partial charge >= 0.3 is 0 Å². The number of rotatable bonds is 5. The van der Waals surface area contributed by atoms with E-state index in [2.05, 4.69) is 0 Å². The Morgan fingerprint density at radius 1 is 0.826 bits per heavy atom. The van der Waals surface area contributed by atoms with Gasteiger partial charge in [0.15, 0.2) is 0 Å². The molecule has 0 bridgehead atoms. The minimum atomic E-state index is -3.56. The van der Waals surface area contributed by atoms with Crippen LogP contribution in [0, 0.1) is 0 Å². The Morgan fingerprint density at radius 2 is 1.39 bits per heavy atom. The molecule has 0 aliphatic heterocycles. The van der Waals surface area contributed by atoms with Gasteiger partial charge in [0.1, 0.15) is 0 Å². The van der Waals surface area contributed by atoms with Gasteiger partial charge in [-0.25, -0.2) is 12.1 Å². The summed E-state index contributed by atoms with van der Waals surface area (Å²) in [5, 5.41) is 0.363. The lowest BCUT2D eigenvalue weighted by atomic mass is 10.0. The first kappa shape index (κ1) is 16.4. The molecular formula is C18H21NO2S2. The minimum absolute atomic E-state index is 0.340. The number of benzene rings is 2. The van der Waals surface area contributed by atoms with Crippen LogP contribution in [0.1, 0.15) is 32.1 Å². The fourth-order valence-electron chi connectivity index (χ4n) is 2.80. The zero-order valence-corrected chi connectivity index (χ0v) is 14.6. The van der Waals surface area contributed by atoms with E-state index < -0.39 is 10.0 Å². The average molecular weight is 348 g/mol. The predicted molar refractivity (Wildman–Crippen MR) is 97.0 cm³/mol. The van der Waals surface area contributed by atoms with Gasteiger partial charge in [0.25, 0.3) is 10.0 Å². The van der Waals surface area contributed by atoms with Gasteiger partial charge in [0.05, 0.1) is 10.6 Å². The Labute approximate surface area is 142 Å². The van der Waals surface area contributed by atoms with E-state index >= 15 is 0 Å². The smallest absolute Gasteiger partial charge is 0.208 e. The van der Waals surface area contributed by atoms with Gasteiger partial charge < -0.3 is 0 Å². The van der Waals surface area contributed by atoms with Crippen LogP contribution >= 0.6 is 11.9 Å². The van der Waals surface area contributed by atoms with Crippen molar-refractivity contribution in [3.63, 3.8) is 0 Å². The van der Waals surface area contributed by atoms with E-state index in [0.29, 0.717) is 15.8 Å². The largest absolute Gasteiger partial charge is 0.273 e. The van der Waals surface area contributed by atoms with Crippen molar-refractivity contribution in [2.24, 2.45) is 0 Å². The van der Waals surface area contributed by atoms with Crippen molar-refractivity contribution >= 4 is 27.7 Å². The van der Waals surface area contributed by atoms with Gasteiger partial charge in [-0.05, 0) is 49.1 Å². The molecule has 2 aromatic carbocycles. The summed E-state index contributed by atoms with van der Waals surface area (Å²) in [5.74, 6) is 0. The fraction of sp³-hybridized carbons (Fsp3) is 0.333. The van der Waals surface area contributed by atoms with Crippen LogP contribution in [0.5, 0.6) is 0 Å². The number of hydrogen-bond acceptors (Lipinski definition) is 3. The minimum Gasteiger partial charge on any atom is -0.208 e. The van der Waals surface area contributed by atoms with Crippen molar-refractivity contribution in [1.29, 1.82) is 0 Å². The van der Waals surface area contributed by atoms with Crippen LogP contribution in [0.3, 0.4) is 0 Å². The van der Waals surface area contributed by atoms with Crippen LogP contribution < -0.4 is 3.71 Å². The van der Waals surface area contributed by atoms with E-state index in [0.717, 1.165) is 12.8 Å². The standard InChI is InChI=1S/C18H21NO2S2/c20-23(21,18-14-8-3-9-15-18)19(16-10-4-1-5-11-16)22-17-12-6-2-7-13-17/h1,3-5,8-11,14-15,17H,2,6-7,12-13H2. The second-order valence-corrected chi connectivity index (χ2v) is 9.01. The highest BCUT2D eigenvalue weighted by molar-refractivity contribution is 8.14. The molecule has 0 aromatic heterocycles. The second-order valence-electron chi connectivity index (χ2n) is 5.75. The zero-order chi connectivity index (χ0) is 16.1. The number of sulfonamides is 1. The molecular weight excluding hydrogens is 326 g/mol. The van der Waals surface area contributed by atoms with Crippen molar-refractivity contribution < 1.29 is 8.42 Å². The third-order valence-electron chi connectivity index (χ3n) is 4.02. The van der Waals surface area contributed by atoms with Crippen LogP contribution in [-0.2, 0) is 10.0 Å². The summed E-state index contributed by atoms with van der Waals surface area (Å²) in [6, 6.07) is 18.1. The van der Waals surface area contributed by atoms with Crippen molar-refractivity contribution in [2.45, 2.75) is 42.2 Å². The maximum Gasteiger partial charge on any atom is 0.273 e. The summed E-state index contributed by atoms with van der Waals surface area (Å²) in [7, 11) is -3.56. The Balaban J connectivity index is 1.94. The maximum absolute atomic E-state index is 13.1. The molecule has 1 fully saturated rings. The van der Waals surface area contributed by atoms with Gasteiger partial charge in [0, 0.05) is 5.25 Å². The van der Waals surface area contributed by atoms with Gasteiger partial charge in [-0.3, -0.25) is 0 Å². The topological polar surface area (TPSA) is 37.4 Å². The molecule has 23 heavy (non-hydrogen) atoms. The molecule has 0 spiro atoms. The van der Waals surface area contributed by atoms with Crippen molar-refractivity contribution in [2.75, 3.05) is 3.71 Å². The van der Waals surface area contributed by atoms with E-state index in [1.807, 2.05) is 36.4 Å². The number of para-hydroxylation sites is 1. The molecule has 122 valence electrons. The van der Waals surface area contributed by atoms with Crippen LogP contribution in [-0.4, -0.2) is 13.7 Å². The highest BCUT2D eigenvalue weighted by Crippen LogP contribution is 2.37. The average Bonchev–Trinajstić information content (AvgIpc) is 2.62. The summed E-state index contributed by atoms with van der Waals surface area (Å²) in [5.41, 5.74) is 0.715. The van der Waals surface area contributed by atoms with Crippen LogP contribution in [0.15, 0.2) is 65.6 Å². The van der Waals surface area contributed by atoms with Gasteiger partial charge in [-0.15, -0.1) is 0 Å². The molecule has 1 aliphatic carbocycles. The molecule has 0 amide bonds. The first-order valence-corrected chi connectivity index (χ1v) is 10.3. The van der Waals surface area contributed by atoms with E-state index in [9.17, 15) is 8.42 Å². The van der Waals surface area contributed by atoms with Gasteiger partial charge in [0.2, 0.25) is 0 Å². The van der Waals surface area contributed by atoms with Gasteiger partial charge in [-0.1, -0.05) is 55.7 Å². The highest BCUT2D eigenvalue weighted by Gasteiger charge is 2.29. The molecule has 3 rings (SSSR count). The summed E-state index contributed by atoms with van der Waals surface area (Å²) in [6.07, 6.45) is 5.79. The fourth-order valence-corrected chi connectivity index (χ4v) is 6.03. The number of anilines is 1. The Hall–Kier alpha value is -1.46. The van der Waals surface area contributed by atoms with Crippen LogP contribution in [0.25, 0.3) is 0 Å². The molecule has 0 atom stereocenters.